The largest absolute Gasteiger partial charge is 0.367 e. The van der Waals surface area contributed by atoms with E-state index in [4.69, 9.17) is 0 Å². The number of hydrogen-bond acceptors (Lipinski definition) is 5. The minimum Gasteiger partial charge on any atom is -0.367 e. The van der Waals surface area contributed by atoms with Gasteiger partial charge in [-0.25, -0.2) is 13.2 Å². The quantitative estimate of drug-likeness (QED) is 0.772. The van der Waals surface area contributed by atoms with Crippen molar-refractivity contribution in [3.8, 4) is 0 Å². The molecule has 4 rings (SSSR count). The van der Waals surface area contributed by atoms with Crippen molar-refractivity contribution in [3.05, 3.63) is 48.0 Å². The zero-order valence-corrected chi connectivity index (χ0v) is 13.8. The van der Waals surface area contributed by atoms with E-state index in [1.165, 1.54) is 6.07 Å². The van der Waals surface area contributed by atoms with Gasteiger partial charge in [-0.2, -0.15) is 4.52 Å². The topological polar surface area (TPSA) is 58.3 Å². The maximum atomic E-state index is 14.0. The zero-order chi connectivity index (χ0) is 18.1. The number of hydrogen-bond donors (Lipinski definition) is 1. The summed E-state index contributed by atoms with van der Waals surface area (Å²) in [6.45, 7) is 1.37. The molecule has 3 aromatic rings. The molecule has 0 bridgehead atoms. The third-order valence-corrected chi connectivity index (χ3v) is 4.45. The molecule has 1 atom stereocenters. The first-order valence-corrected chi connectivity index (χ1v) is 8.38. The normalized spacial score (nSPS) is 17.8. The fraction of sp³-hybridized carbons (Fsp3) is 0.353. The number of nitrogens with one attached hydrogen (secondary N) is 1. The summed E-state index contributed by atoms with van der Waals surface area (Å²) < 4.78 is 41.0. The molecule has 1 fully saturated rings. The van der Waals surface area contributed by atoms with Crippen molar-refractivity contribution in [2.45, 2.75) is 25.3 Å². The summed E-state index contributed by atoms with van der Waals surface area (Å²) in [5.74, 6) is -0.279. The molecule has 6 nitrogen and oxygen atoms in total. The second-order valence-electron chi connectivity index (χ2n) is 6.23. The summed E-state index contributed by atoms with van der Waals surface area (Å²) in [5.41, 5.74) is 0.837. The Morgan fingerprint density at radius 1 is 1.12 bits per heavy atom. The van der Waals surface area contributed by atoms with Crippen LogP contribution in [0.15, 0.2) is 36.4 Å². The molecule has 0 aliphatic carbocycles. The van der Waals surface area contributed by atoms with E-state index in [2.05, 4.69) is 20.6 Å². The zero-order valence-electron chi connectivity index (χ0n) is 13.8. The monoisotopic (exact) mass is 362 g/mol. The van der Waals surface area contributed by atoms with Gasteiger partial charge in [-0.1, -0.05) is 12.1 Å². The van der Waals surface area contributed by atoms with Crippen molar-refractivity contribution in [2.75, 3.05) is 23.3 Å². The fourth-order valence-electron chi connectivity index (χ4n) is 3.25. The van der Waals surface area contributed by atoms with Crippen LogP contribution in [0.1, 0.15) is 25.1 Å². The van der Waals surface area contributed by atoms with Gasteiger partial charge in [0.25, 0.3) is 6.43 Å². The number of para-hydroxylation sites is 1. The average molecular weight is 362 g/mol. The van der Waals surface area contributed by atoms with Crippen LogP contribution in [0.25, 0.3) is 5.65 Å². The van der Waals surface area contributed by atoms with Crippen molar-refractivity contribution in [3.63, 3.8) is 0 Å². The lowest BCUT2D eigenvalue weighted by atomic mass is 10.0. The van der Waals surface area contributed by atoms with E-state index in [1.807, 2.05) is 11.0 Å². The van der Waals surface area contributed by atoms with E-state index in [0.717, 1.165) is 23.9 Å². The molecular weight excluding hydrogens is 345 g/mol. The smallest absolute Gasteiger partial charge is 0.299 e. The summed E-state index contributed by atoms with van der Waals surface area (Å²) in [6, 6.07) is 9.97. The van der Waals surface area contributed by atoms with Crippen LogP contribution in [0.2, 0.25) is 0 Å². The maximum Gasteiger partial charge on any atom is 0.299 e. The average Bonchev–Trinajstić information content (AvgIpc) is 3.06. The van der Waals surface area contributed by atoms with Crippen LogP contribution >= 0.6 is 0 Å². The Morgan fingerprint density at radius 2 is 1.96 bits per heavy atom. The van der Waals surface area contributed by atoms with E-state index in [1.54, 1.807) is 24.3 Å². The van der Waals surface area contributed by atoms with Crippen molar-refractivity contribution >= 4 is 17.2 Å². The molecule has 0 amide bonds. The molecule has 26 heavy (non-hydrogen) atoms. The summed E-state index contributed by atoms with van der Waals surface area (Å²) in [5, 5.41) is 14.6. The van der Waals surface area contributed by atoms with Crippen LogP contribution < -0.4 is 10.2 Å². The minimum atomic E-state index is -2.75. The molecule has 0 radical (unpaired) electrons. The van der Waals surface area contributed by atoms with E-state index in [9.17, 15) is 13.2 Å². The standard InChI is InChI=1S/C17H17F3N6/c18-12-5-1-2-6-13(12)25-9-3-4-11(10-25)21-14-7-8-15-22-23-17(16(19)20)26(15)24-14/h1-2,5-8,11,16H,3-4,9-10H2,(H,21,24). The molecule has 2 aromatic heterocycles. The van der Waals surface area contributed by atoms with Crippen LogP contribution in [0.5, 0.6) is 0 Å². The number of aromatic nitrogens is 4. The molecule has 9 heteroatoms. The Kier molecular flexibility index (Phi) is 4.36. The lowest BCUT2D eigenvalue weighted by Gasteiger charge is -2.35. The molecule has 1 N–H and O–H groups in total. The Bertz CT molecular complexity index is 912. The third kappa shape index (κ3) is 3.16. The molecule has 0 saturated carbocycles. The van der Waals surface area contributed by atoms with Crippen LogP contribution in [0, 0.1) is 5.82 Å². The van der Waals surface area contributed by atoms with Crippen LogP contribution in [-0.4, -0.2) is 38.9 Å². The predicted octanol–water partition coefficient (Wildman–Crippen LogP) is 3.28. The molecule has 3 heterocycles. The number of rotatable bonds is 4. The van der Waals surface area contributed by atoms with Crippen LogP contribution in [-0.2, 0) is 0 Å². The van der Waals surface area contributed by atoms with Crippen molar-refractivity contribution in [2.24, 2.45) is 0 Å². The fourth-order valence-corrected chi connectivity index (χ4v) is 3.25. The number of alkyl halides is 2. The number of piperidine rings is 1. The molecule has 136 valence electrons. The summed E-state index contributed by atoms with van der Waals surface area (Å²) >= 11 is 0. The highest BCUT2D eigenvalue weighted by Crippen LogP contribution is 2.24. The van der Waals surface area contributed by atoms with Gasteiger partial charge in [-0.15, -0.1) is 15.3 Å². The molecule has 1 unspecified atom stereocenters. The highest BCUT2D eigenvalue weighted by atomic mass is 19.3. The Balaban J connectivity index is 1.52. The molecule has 1 aromatic carbocycles. The highest BCUT2D eigenvalue weighted by molar-refractivity contribution is 5.49. The molecule has 1 saturated heterocycles. The van der Waals surface area contributed by atoms with Crippen molar-refractivity contribution in [1.29, 1.82) is 0 Å². The molecule has 1 aliphatic rings. The van der Waals surface area contributed by atoms with E-state index in [0.29, 0.717) is 18.1 Å². The molecule has 0 spiro atoms. The third-order valence-electron chi connectivity index (χ3n) is 4.45. The summed E-state index contributed by atoms with van der Waals surface area (Å²) in [7, 11) is 0. The number of benzene rings is 1. The molecular formula is C17H17F3N6. The van der Waals surface area contributed by atoms with Gasteiger partial charge in [-0.05, 0) is 37.1 Å². The first kappa shape index (κ1) is 16.6. The SMILES string of the molecule is Fc1ccccc1N1CCCC(Nc2ccc3nnc(C(F)F)n3n2)C1. The lowest BCUT2D eigenvalue weighted by Crippen LogP contribution is -2.42. The van der Waals surface area contributed by atoms with Crippen LogP contribution in [0.4, 0.5) is 24.7 Å². The van der Waals surface area contributed by atoms with Crippen molar-refractivity contribution in [1.82, 2.24) is 19.8 Å². The highest BCUT2D eigenvalue weighted by Gasteiger charge is 2.23. The van der Waals surface area contributed by atoms with Crippen LogP contribution in [0.3, 0.4) is 0 Å². The van der Waals surface area contributed by atoms with Gasteiger partial charge in [0, 0.05) is 19.1 Å². The van der Waals surface area contributed by atoms with Gasteiger partial charge in [-0.3, -0.25) is 0 Å². The van der Waals surface area contributed by atoms with E-state index >= 15 is 0 Å². The Labute approximate surface area is 147 Å². The first-order valence-electron chi connectivity index (χ1n) is 8.38. The molecule has 1 aliphatic heterocycles. The number of anilines is 2. The lowest BCUT2D eigenvalue weighted by molar-refractivity contribution is 0.137. The summed E-state index contributed by atoms with van der Waals surface area (Å²) in [6.07, 6.45) is -0.975. The van der Waals surface area contributed by atoms with Gasteiger partial charge >= 0.3 is 0 Å². The second kappa shape index (κ2) is 6.81. The Morgan fingerprint density at radius 3 is 2.77 bits per heavy atom. The maximum absolute atomic E-state index is 14.0. The first-order chi connectivity index (χ1) is 12.6. The number of fused-ring (bicyclic) bond motifs is 1. The number of halogens is 3. The van der Waals surface area contributed by atoms with E-state index in [-0.39, 0.29) is 17.5 Å². The van der Waals surface area contributed by atoms with Gasteiger partial charge in [0.15, 0.2) is 5.65 Å². The van der Waals surface area contributed by atoms with Gasteiger partial charge < -0.3 is 10.2 Å². The predicted molar refractivity (Wildman–Crippen MR) is 91.0 cm³/mol. The second-order valence-corrected chi connectivity index (χ2v) is 6.23. The van der Waals surface area contributed by atoms with Gasteiger partial charge in [0.1, 0.15) is 11.6 Å². The Hall–Kier alpha value is -2.84. The number of nitrogens with zero attached hydrogens (tertiary/aromatic N) is 5. The minimum absolute atomic E-state index is 0.0276. The van der Waals surface area contributed by atoms with Crippen molar-refractivity contribution < 1.29 is 13.2 Å². The van der Waals surface area contributed by atoms with Gasteiger partial charge in [0.05, 0.1) is 5.69 Å². The van der Waals surface area contributed by atoms with Gasteiger partial charge in [0.2, 0.25) is 5.82 Å². The summed E-state index contributed by atoms with van der Waals surface area (Å²) in [4.78, 5) is 1.98. The van der Waals surface area contributed by atoms with E-state index < -0.39 is 12.2 Å².